The first-order valence-corrected chi connectivity index (χ1v) is 18.2. The van der Waals surface area contributed by atoms with Crippen LogP contribution < -0.4 is 4.57 Å². The first-order chi connectivity index (χ1) is 19.1. The van der Waals surface area contributed by atoms with Crippen molar-refractivity contribution in [2.45, 2.75) is 214 Å². The standard InChI is InChI=1S/C37H72N2/c1-5-6-7-8-9-10-11-12-13-14-15-19-22-25-28-31-36(4)39-34-33-38-37(39)32-29-26-23-20-17-16-18-21-24-27-30-35(2)3/h33-36H,5-32H2,1-4H3/p+1. The van der Waals surface area contributed by atoms with E-state index in [4.69, 9.17) is 0 Å². The maximum Gasteiger partial charge on any atom is 0.254 e. The summed E-state index contributed by atoms with van der Waals surface area (Å²) in [5.41, 5.74) is 0. The molecule has 0 aromatic carbocycles. The molecule has 0 spiro atoms. The molecule has 0 aliphatic carbocycles. The Labute approximate surface area is 246 Å². The van der Waals surface area contributed by atoms with E-state index in [0.29, 0.717) is 6.04 Å². The van der Waals surface area contributed by atoms with Crippen LogP contribution in [0, 0.1) is 5.92 Å². The molecule has 2 nitrogen and oxygen atoms in total. The van der Waals surface area contributed by atoms with E-state index in [1.807, 2.05) is 0 Å². The Hall–Kier alpha value is -0.790. The number of hydrogen-bond acceptors (Lipinski definition) is 0. The molecule has 1 aromatic rings. The summed E-state index contributed by atoms with van der Waals surface area (Å²) in [4.78, 5) is 3.55. The fourth-order valence-electron chi connectivity index (χ4n) is 6.20. The lowest BCUT2D eigenvalue weighted by atomic mass is 10.0. The van der Waals surface area contributed by atoms with Gasteiger partial charge >= 0.3 is 0 Å². The average molecular weight is 546 g/mol. The molecule has 1 unspecified atom stereocenters. The van der Waals surface area contributed by atoms with E-state index in [2.05, 4.69) is 49.6 Å². The van der Waals surface area contributed by atoms with Gasteiger partial charge in [-0.05, 0) is 32.1 Å². The number of hydrogen-bond donors (Lipinski definition) is 1. The van der Waals surface area contributed by atoms with E-state index in [0.717, 1.165) is 5.92 Å². The largest absolute Gasteiger partial charge is 0.254 e. The molecule has 0 fully saturated rings. The molecule has 0 saturated heterocycles. The van der Waals surface area contributed by atoms with Gasteiger partial charge in [0.1, 0.15) is 12.4 Å². The van der Waals surface area contributed by atoms with Crippen LogP contribution in [0.4, 0.5) is 0 Å². The predicted octanol–water partition coefficient (Wildman–Crippen LogP) is 12.6. The summed E-state index contributed by atoms with van der Waals surface area (Å²) >= 11 is 0. The van der Waals surface area contributed by atoms with Crippen LogP contribution in [0.2, 0.25) is 0 Å². The number of aromatic amines is 1. The Bertz CT molecular complexity index is 604. The van der Waals surface area contributed by atoms with Crippen molar-refractivity contribution in [1.29, 1.82) is 0 Å². The molecule has 0 amide bonds. The van der Waals surface area contributed by atoms with Gasteiger partial charge in [-0.2, -0.15) is 0 Å². The third-order valence-electron chi connectivity index (χ3n) is 8.94. The highest BCUT2D eigenvalue weighted by Gasteiger charge is 2.16. The van der Waals surface area contributed by atoms with E-state index in [9.17, 15) is 0 Å². The monoisotopic (exact) mass is 546 g/mol. The third-order valence-corrected chi connectivity index (χ3v) is 8.94. The first kappa shape index (κ1) is 36.2. The minimum atomic E-state index is 0.633. The molecule has 0 bridgehead atoms. The van der Waals surface area contributed by atoms with E-state index in [1.54, 1.807) is 0 Å². The quantitative estimate of drug-likeness (QED) is 0.0732. The second kappa shape index (κ2) is 27.4. The second-order valence-corrected chi connectivity index (χ2v) is 13.4. The lowest BCUT2D eigenvalue weighted by Gasteiger charge is -2.10. The summed E-state index contributed by atoms with van der Waals surface area (Å²) in [5.74, 6) is 2.33. The predicted molar refractivity (Wildman–Crippen MR) is 175 cm³/mol. The van der Waals surface area contributed by atoms with E-state index in [-0.39, 0.29) is 0 Å². The highest BCUT2D eigenvalue weighted by atomic mass is 15.1. The molecule has 0 aliphatic heterocycles. The fraction of sp³-hybridized carbons (Fsp3) is 0.919. The molecule has 1 aromatic heterocycles. The summed E-state index contributed by atoms with van der Waals surface area (Å²) in [5, 5.41) is 0. The highest BCUT2D eigenvalue weighted by molar-refractivity contribution is 4.78. The molecule has 0 saturated carbocycles. The Kier molecular flexibility index (Phi) is 25.4. The molecule has 1 N–H and O–H groups in total. The van der Waals surface area contributed by atoms with Crippen molar-refractivity contribution in [2.24, 2.45) is 5.92 Å². The maximum atomic E-state index is 3.55. The number of nitrogens with one attached hydrogen (secondary N) is 1. The molecule has 0 radical (unpaired) electrons. The molecule has 39 heavy (non-hydrogen) atoms. The second-order valence-electron chi connectivity index (χ2n) is 13.4. The maximum absolute atomic E-state index is 3.55. The van der Waals surface area contributed by atoms with Crippen molar-refractivity contribution in [1.82, 2.24) is 4.98 Å². The van der Waals surface area contributed by atoms with Crippen LogP contribution >= 0.6 is 0 Å². The van der Waals surface area contributed by atoms with Gasteiger partial charge in [0.2, 0.25) is 0 Å². The highest BCUT2D eigenvalue weighted by Crippen LogP contribution is 2.17. The molecular formula is C37H73N2+. The topological polar surface area (TPSA) is 19.7 Å². The minimum Gasteiger partial charge on any atom is -0.248 e. The molecule has 1 atom stereocenters. The van der Waals surface area contributed by atoms with Crippen molar-refractivity contribution in [3.8, 4) is 0 Å². The lowest BCUT2D eigenvalue weighted by Crippen LogP contribution is -2.39. The summed E-state index contributed by atoms with van der Waals surface area (Å²) in [7, 11) is 0. The van der Waals surface area contributed by atoms with Crippen molar-refractivity contribution < 1.29 is 4.57 Å². The van der Waals surface area contributed by atoms with Crippen molar-refractivity contribution in [3.05, 3.63) is 18.2 Å². The Morgan fingerprint density at radius 1 is 0.513 bits per heavy atom. The van der Waals surface area contributed by atoms with Gasteiger partial charge in [0.25, 0.3) is 5.82 Å². The van der Waals surface area contributed by atoms with Crippen LogP contribution in [0.1, 0.15) is 213 Å². The first-order valence-electron chi connectivity index (χ1n) is 18.2. The van der Waals surface area contributed by atoms with E-state index >= 15 is 0 Å². The molecule has 1 heterocycles. The number of unbranched alkanes of at least 4 members (excludes halogenated alkanes) is 23. The number of imidazole rings is 1. The smallest absolute Gasteiger partial charge is 0.248 e. The average Bonchev–Trinajstić information content (AvgIpc) is 3.40. The van der Waals surface area contributed by atoms with Crippen molar-refractivity contribution in [2.75, 3.05) is 0 Å². The summed E-state index contributed by atoms with van der Waals surface area (Å²) in [6.45, 7) is 9.42. The zero-order valence-corrected chi connectivity index (χ0v) is 27.6. The molecular weight excluding hydrogens is 472 g/mol. The van der Waals surface area contributed by atoms with Gasteiger partial charge in [-0.15, -0.1) is 0 Å². The molecule has 1 rings (SSSR count). The van der Waals surface area contributed by atoms with Crippen LogP contribution in [-0.4, -0.2) is 4.98 Å². The van der Waals surface area contributed by atoms with Gasteiger partial charge in [0.05, 0.1) is 6.04 Å². The van der Waals surface area contributed by atoms with E-state index < -0.39 is 0 Å². The Morgan fingerprint density at radius 2 is 0.897 bits per heavy atom. The fourth-order valence-corrected chi connectivity index (χ4v) is 6.20. The van der Waals surface area contributed by atoms with Gasteiger partial charge in [0.15, 0.2) is 0 Å². The zero-order chi connectivity index (χ0) is 28.2. The van der Waals surface area contributed by atoms with Crippen LogP contribution in [0.15, 0.2) is 12.4 Å². The summed E-state index contributed by atoms with van der Waals surface area (Å²) in [6.07, 6.45) is 44.4. The van der Waals surface area contributed by atoms with Crippen LogP contribution in [-0.2, 0) is 6.42 Å². The van der Waals surface area contributed by atoms with Gasteiger partial charge < -0.3 is 0 Å². The summed E-state index contributed by atoms with van der Waals surface area (Å²) in [6, 6.07) is 0.633. The number of aromatic nitrogens is 2. The van der Waals surface area contributed by atoms with Gasteiger partial charge in [-0.1, -0.05) is 175 Å². The lowest BCUT2D eigenvalue weighted by molar-refractivity contribution is -0.726. The number of aryl methyl sites for hydroxylation is 1. The zero-order valence-electron chi connectivity index (χ0n) is 27.6. The van der Waals surface area contributed by atoms with Gasteiger partial charge in [-0.3, -0.25) is 0 Å². The van der Waals surface area contributed by atoms with E-state index in [1.165, 1.54) is 186 Å². The number of nitrogens with zero attached hydrogens (tertiary/aromatic N) is 1. The number of H-pyrrole nitrogens is 1. The number of rotatable bonds is 30. The van der Waals surface area contributed by atoms with Crippen LogP contribution in [0.5, 0.6) is 0 Å². The third kappa shape index (κ3) is 22.6. The Morgan fingerprint density at radius 3 is 1.33 bits per heavy atom. The van der Waals surface area contributed by atoms with Crippen LogP contribution in [0.3, 0.4) is 0 Å². The normalized spacial score (nSPS) is 12.5. The summed E-state index contributed by atoms with van der Waals surface area (Å²) < 4.78 is 2.53. The molecule has 0 aliphatic rings. The van der Waals surface area contributed by atoms with Crippen molar-refractivity contribution in [3.63, 3.8) is 0 Å². The molecule has 2 heteroatoms. The Balaban J connectivity index is 1.92. The molecule has 230 valence electrons. The van der Waals surface area contributed by atoms with Crippen LogP contribution in [0.25, 0.3) is 0 Å². The minimum absolute atomic E-state index is 0.633. The van der Waals surface area contributed by atoms with Crippen molar-refractivity contribution >= 4 is 0 Å². The van der Waals surface area contributed by atoms with Gasteiger partial charge in [0, 0.05) is 6.42 Å². The van der Waals surface area contributed by atoms with Gasteiger partial charge in [-0.25, -0.2) is 9.55 Å². The SMILES string of the molecule is CCCCCCCCCCCCCCCCCC(C)[n+]1cc[nH]c1CCCCCCCCCCCCC(C)C.